The lowest BCUT2D eigenvalue weighted by Gasteiger charge is -2.23. The van der Waals surface area contributed by atoms with Gasteiger partial charge in [0.05, 0.1) is 0 Å². The first-order valence-electron chi connectivity index (χ1n) is 4.55. The Morgan fingerprint density at radius 2 is 2.07 bits per heavy atom. The molecule has 0 unspecified atom stereocenters. The van der Waals surface area contributed by atoms with E-state index >= 15 is 0 Å². The van der Waals surface area contributed by atoms with E-state index in [1.807, 2.05) is 13.8 Å². The van der Waals surface area contributed by atoms with Crippen LogP contribution in [-0.2, 0) is 0 Å². The van der Waals surface area contributed by atoms with Crippen LogP contribution in [0.1, 0.15) is 24.3 Å². The van der Waals surface area contributed by atoms with Crippen molar-refractivity contribution in [3.63, 3.8) is 0 Å². The van der Waals surface area contributed by atoms with Gasteiger partial charge >= 0.3 is 0 Å². The number of aromatic nitrogens is 2. The molecule has 0 spiro atoms. The van der Waals surface area contributed by atoms with Crippen LogP contribution in [0.15, 0.2) is 12.4 Å². The minimum absolute atomic E-state index is 0.114. The summed E-state index contributed by atoms with van der Waals surface area (Å²) in [5.74, 6) is -0.251. The Hall–Kier alpha value is -1.69. The second kappa shape index (κ2) is 4.22. The quantitative estimate of drug-likeness (QED) is 0.623. The standard InChI is InChI=1S/C9H15N5O/c1-9(2,5-10)14-8(15)6-7(11)13-4-3-12-6/h3-4H,5,10H2,1-2H3,(H2,11,13)(H,14,15). The summed E-state index contributed by atoms with van der Waals surface area (Å²) in [6, 6.07) is 0. The summed E-state index contributed by atoms with van der Waals surface area (Å²) < 4.78 is 0. The monoisotopic (exact) mass is 209 g/mol. The number of hydrogen-bond acceptors (Lipinski definition) is 5. The average molecular weight is 209 g/mol. The highest BCUT2D eigenvalue weighted by Crippen LogP contribution is 2.06. The van der Waals surface area contributed by atoms with Crippen LogP contribution in [0.5, 0.6) is 0 Å². The lowest BCUT2D eigenvalue weighted by Crippen LogP contribution is -2.49. The van der Waals surface area contributed by atoms with Gasteiger partial charge in [-0.25, -0.2) is 9.97 Å². The molecular formula is C9H15N5O. The summed E-state index contributed by atoms with van der Waals surface area (Å²) in [5.41, 5.74) is 10.6. The fourth-order valence-electron chi connectivity index (χ4n) is 0.941. The summed E-state index contributed by atoms with van der Waals surface area (Å²) in [6.07, 6.45) is 2.85. The number of rotatable bonds is 3. The topological polar surface area (TPSA) is 107 Å². The molecule has 5 N–H and O–H groups in total. The van der Waals surface area contributed by atoms with Gasteiger partial charge in [0.2, 0.25) is 0 Å². The molecule has 6 nitrogen and oxygen atoms in total. The first kappa shape index (κ1) is 11.4. The van der Waals surface area contributed by atoms with Gasteiger partial charge in [-0.1, -0.05) is 0 Å². The van der Waals surface area contributed by atoms with Gasteiger partial charge in [-0.15, -0.1) is 0 Å². The highest BCUT2D eigenvalue weighted by molar-refractivity contribution is 5.96. The van der Waals surface area contributed by atoms with E-state index in [1.54, 1.807) is 0 Å². The summed E-state index contributed by atoms with van der Waals surface area (Å²) in [7, 11) is 0. The molecule has 0 bridgehead atoms. The predicted octanol–water partition coefficient (Wildman–Crippen LogP) is -0.474. The van der Waals surface area contributed by atoms with E-state index in [1.165, 1.54) is 12.4 Å². The molecule has 0 aliphatic carbocycles. The van der Waals surface area contributed by atoms with Crippen molar-refractivity contribution >= 4 is 11.7 Å². The van der Waals surface area contributed by atoms with Crippen molar-refractivity contribution in [2.45, 2.75) is 19.4 Å². The molecule has 1 aromatic heterocycles. The van der Waals surface area contributed by atoms with Crippen molar-refractivity contribution in [1.82, 2.24) is 15.3 Å². The first-order valence-corrected chi connectivity index (χ1v) is 4.55. The molecule has 0 saturated heterocycles. The number of nitrogens with one attached hydrogen (secondary N) is 1. The summed E-state index contributed by atoms with van der Waals surface area (Å²) in [6.45, 7) is 3.97. The van der Waals surface area contributed by atoms with Crippen molar-refractivity contribution < 1.29 is 4.79 Å². The molecule has 1 heterocycles. The molecule has 1 amide bonds. The molecule has 82 valence electrons. The fourth-order valence-corrected chi connectivity index (χ4v) is 0.941. The van der Waals surface area contributed by atoms with Crippen molar-refractivity contribution in [3.05, 3.63) is 18.1 Å². The van der Waals surface area contributed by atoms with E-state index in [9.17, 15) is 4.79 Å². The molecule has 0 aliphatic rings. The Labute approximate surface area is 88.1 Å². The number of amides is 1. The molecule has 6 heteroatoms. The number of nitrogens with zero attached hydrogens (tertiary/aromatic N) is 2. The Bertz CT molecular complexity index is 363. The summed E-state index contributed by atoms with van der Waals surface area (Å²) in [4.78, 5) is 19.3. The lowest BCUT2D eigenvalue weighted by molar-refractivity contribution is 0.0911. The normalized spacial score (nSPS) is 11.1. The predicted molar refractivity (Wildman–Crippen MR) is 57.0 cm³/mol. The van der Waals surface area contributed by atoms with Crippen molar-refractivity contribution in [2.75, 3.05) is 12.3 Å². The number of hydrogen-bond donors (Lipinski definition) is 3. The fraction of sp³-hybridized carbons (Fsp3) is 0.444. The van der Waals surface area contributed by atoms with E-state index in [2.05, 4.69) is 15.3 Å². The number of carbonyl (C=O) groups is 1. The van der Waals surface area contributed by atoms with Gasteiger partial charge in [-0.3, -0.25) is 4.79 Å². The minimum atomic E-state index is -0.485. The van der Waals surface area contributed by atoms with Crippen LogP contribution in [-0.4, -0.2) is 28.0 Å². The van der Waals surface area contributed by atoms with Gasteiger partial charge in [0.25, 0.3) is 5.91 Å². The van der Waals surface area contributed by atoms with Crippen molar-refractivity contribution in [1.29, 1.82) is 0 Å². The SMILES string of the molecule is CC(C)(CN)NC(=O)c1nccnc1N. The van der Waals surface area contributed by atoms with Gasteiger partial charge in [-0.05, 0) is 13.8 Å². The summed E-state index contributed by atoms with van der Waals surface area (Å²) >= 11 is 0. The number of carbonyl (C=O) groups excluding carboxylic acids is 1. The number of nitrogens with two attached hydrogens (primary N) is 2. The maximum absolute atomic E-state index is 11.7. The Balaban J connectivity index is 2.83. The Morgan fingerprint density at radius 3 is 2.60 bits per heavy atom. The third-order valence-electron chi connectivity index (χ3n) is 1.90. The van der Waals surface area contributed by atoms with E-state index in [0.717, 1.165) is 0 Å². The number of nitrogen functional groups attached to an aromatic ring is 1. The molecule has 1 aromatic rings. The molecule has 0 atom stereocenters. The molecule has 0 radical (unpaired) electrons. The van der Waals surface area contributed by atoms with E-state index in [0.29, 0.717) is 6.54 Å². The van der Waals surface area contributed by atoms with Gasteiger partial charge in [0, 0.05) is 24.5 Å². The third kappa shape index (κ3) is 2.88. The zero-order chi connectivity index (χ0) is 11.5. The highest BCUT2D eigenvalue weighted by Gasteiger charge is 2.21. The molecule has 0 saturated carbocycles. The van der Waals surface area contributed by atoms with Crippen LogP contribution in [0.2, 0.25) is 0 Å². The molecule has 15 heavy (non-hydrogen) atoms. The van der Waals surface area contributed by atoms with E-state index in [-0.39, 0.29) is 17.4 Å². The van der Waals surface area contributed by atoms with E-state index < -0.39 is 5.54 Å². The minimum Gasteiger partial charge on any atom is -0.382 e. The second-order valence-electron chi connectivity index (χ2n) is 3.83. The van der Waals surface area contributed by atoms with Crippen LogP contribution in [0.25, 0.3) is 0 Å². The second-order valence-corrected chi connectivity index (χ2v) is 3.83. The number of anilines is 1. The summed E-state index contributed by atoms with van der Waals surface area (Å²) in [5, 5.41) is 2.72. The zero-order valence-electron chi connectivity index (χ0n) is 8.82. The van der Waals surface area contributed by atoms with Crippen LogP contribution >= 0.6 is 0 Å². The lowest BCUT2D eigenvalue weighted by atomic mass is 10.1. The van der Waals surface area contributed by atoms with Crippen LogP contribution < -0.4 is 16.8 Å². The molecular weight excluding hydrogens is 194 g/mol. The van der Waals surface area contributed by atoms with Crippen LogP contribution in [0.3, 0.4) is 0 Å². The van der Waals surface area contributed by atoms with Crippen molar-refractivity contribution in [3.8, 4) is 0 Å². The van der Waals surface area contributed by atoms with E-state index in [4.69, 9.17) is 11.5 Å². The van der Waals surface area contributed by atoms with Gasteiger partial charge < -0.3 is 16.8 Å². The van der Waals surface area contributed by atoms with Gasteiger partial charge in [0.15, 0.2) is 11.5 Å². The third-order valence-corrected chi connectivity index (χ3v) is 1.90. The average Bonchev–Trinajstić information content (AvgIpc) is 2.17. The first-order chi connectivity index (χ1) is 6.96. The zero-order valence-corrected chi connectivity index (χ0v) is 8.82. The van der Waals surface area contributed by atoms with Crippen molar-refractivity contribution in [2.24, 2.45) is 5.73 Å². The van der Waals surface area contributed by atoms with Gasteiger partial charge in [0.1, 0.15) is 0 Å². The maximum Gasteiger partial charge on any atom is 0.274 e. The van der Waals surface area contributed by atoms with Crippen LogP contribution in [0, 0.1) is 0 Å². The molecule has 0 aromatic carbocycles. The Morgan fingerprint density at radius 1 is 1.47 bits per heavy atom. The highest BCUT2D eigenvalue weighted by atomic mass is 16.2. The van der Waals surface area contributed by atoms with Gasteiger partial charge in [-0.2, -0.15) is 0 Å². The maximum atomic E-state index is 11.7. The molecule has 0 fully saturated rings. The molecule has 0 aliphatic heterocycles. The smallest absolute Gasteiger partial charge is 0.274 e. The largest absolute Gasteiger partial charge is 0.382 e. The Kier molecular flexibility index (Phi) is 3.21. The van der Waals surface area contributed by atoms with Crippen LogP contribution in [0.4, 0.5) is 5.82 Å². The molecule has 1 rings (SSSR count).